The zero-order chi connectivity index (χ0) is 20.4. The molecule has 1 aromatic heterocycles. The van der Waals surface area contributed by atoms with Crippen LogP contribution in [0.5, 0.6) is 0 Å². The van der Waals surface area contributed by atoms with Gasteiger partial charge in [-0.05, 0) is 36.3 Å². The van der Waals surface area contributed by atoms with Gasteiger partial charge in [0.05, 0.1) is 11.2 Å². The SMILES string of the molecule is CCCCNC(=O)C(=Cc1cccc([N+](=O)[O-])c1)NC(=O)C=Cc1ccco1. The highest BCUT2D eigenvalue weighted by molar-refractivity contribution is 6.04. The molecule has 1 aromatic carbocycles. The quantitative estimate of drug-likeness (QED) is 0.298. The third kappa shape index (κ3) is 6.56. The third-order valence-corrected chi connectivity index (χ3v) is 3.65. The summed E-state index contributed by atoms with van der Waals surface area (Å²) in [5, 5.41) is 16.2. The Kier molecular flexibility index (Phi) is 7.71. The predicted molar refractivity (Wildman–Crippen MR) is 105 cm³/mol. The molecule has 8 heteroatoms. The largest absolute Gasteiger partial charge is 0.465 e. The predicted octanol–water partition coefficient (Wildman–Crippen LogP) is 3.27. The van der Waals surface area contributed by atoms with Crippen LogP contribution in [0.1, 0.15) is 31.1 Å². The Labute approximate surface area is 162 Å². The fraction of sp³-hybridized carbons (Fsp3) is 0.200. The maximum atomic E-state index is 12.4. The normalized spacial score (nSPS) is 11.4. The van der Waals surface area contributed by atoms with E-state index in [9.17, 15) is 19.7 Å². The zero-order valence-corrected chi connectivity index (χ0v) is 15.4. The van der Waals surface area contributed by atoms with Crippen molar-refractivity contribution >= 4 is 29.7 Å². The van der Waals surface area contributed by atoms with E-state index in [0.29, 0.717) is 17.9 Å². The summed E-state index contributed by atoms with van der Waals surface area (Å²) in [5.74, 6) is -0.509. The topological polar surface area (TPSA) is 114 Å². The molecule has 0 unspecified atom stereocenters. The molecular formula is C20H21N3O5. The number of nitro groups is 1. The number of nitrogens with zero attached hydrogens (tertiary/aromatic N) is 1. The van der Waals surface area contributed by atoms with Crippen molar-refractivity contribution in [2.75, 3.05) is 6.54 Å². The van der Waals surface area contributed by atoms with Crippen LogP contribution in [-0.4, -0.2) is 23.3 Å². The van der Waals surface area contributed by atoms with E-state index in [0.717, 1.165) is 12.8 Å². The fourth-order valence-corrected chi connectivity index (χ4v) is 2.25. The average Bonchev–Trinajstić information content (AvgIpc) is 3.20. The maximum Gasteiger partial charge on any atom is 0.270 e. The van der Waals surface area contributed by atoms with Crippen LogP contribution in [0, 0.1) is 10.1 Å². The number of benzene rings is 1. The molecule has 0 fully saturated rings. The summed E-state index contributed by atoms with van der Waals surface area (Å²) in [6.07, 6.45) is 7.28. The van der Waals surface area contributed by atoms with Gasteiger partial charge in [-0.15, -0.1) is 0 Å². The Morgan fingerprint density at radius 1 is 1.25 bits per heavy atom. The Balaban J connectivity index is 2.20. The van der Waals surface area contributed by atoms with E-state index >= 15 is 0 Å². The smallest absolute Gasteiger partial charge is 0.270 e. The Bertz CT molecular complexity index is 885. The minimum Gasteiger partial charge on any atom is -0.465 e. The molecule has 28 heavy (non-hydrogen) atoms. The lowest BCUT2D eigenvalue weighted by Crippen LogP contribution is -2.34. The van der Waals surface area contributed by atoms with Gasteiger partial charge in [0.1, 0.15) is 11.5 Å². The van der Waals surface area contributed by atoms with Crippen LogP contribution in [0.4, 0.5) is 5.69 Å². The van der Waals surface area contributed by atoms with Crippen LogP contribution in [0.2, 0.25) is 0 Å². The lowest BCUT2D eigenvalue weighted by atomic mass is 10.1. The van der Waals surface area contributed by atoms with Crippen molar-refractivity contribution in [1.82, 2.24) is 10.6 Å². The van der Waals surface area contributed by atoms with Crippen molar-refractivity contribution in [1.29, 1.82) is 0 Å². The molecule has 1 heterocycles. The van der Waals surface area contributed by atoms with Gasteiger partial charge in [0.15, 0.2) is 0 Å². The van der Waals surface area contributed by atoms with Gasteiger partial charge in [0.25, 0.3) is 11.6 Å². The number of rotatable bonds is 9. The van der Waals surface area contributed by atoms with E-state index < -0.39 is 16.7 Å². The number of non-ortho nitro benzene ring substituents is 1. The van der Waals surface area contributed by atoms with Crippen molar-refractivity contribution in [2.45, 2.75) is 19.8 Å². The monoisotopic (exact) mass is 383 g/mol. The second kappa shape index (κ2) is 10.5. The van der Waals surface area contributed by atoms with Gasteiger partial charge >= 0.3 is 0 Å². The first kappa shape index (κ1) is 20.6. The summed E-state index contributed by atoms with van der Waals surface area (Å²) in [4.78, 5) is 35.0. The fourth-order valence-electron chi connectivity index (χ4n) is 2.25. The van der Waals surface area contributed by atoms with E-state index in [1.807, 2.05) is 6.92 Å². The number of amides is 2. The van der Waals surface area contributed by atoms with Gasteiger partial charge in [-0.2, -0.15) is 0 Å². The first-order valence-electron chi connectivity index (χ1n) is 8.76. The Morgan fingerprint density at radius 2 is 2.07 bits per heavy atom. The van der Waals surface area contributed by atoms with Crippen molar-refractivity contribution < 1.29 is 18.9 Å². The minimum atomic E-state index is -0.529. The molecule has 2 amide bonds. The molecule has 2 aromatic rings. The summed E-state index contributed by atoms with van der Waals surface area (Å²) < 4.78 is 5.11. The first-order chi connectivity index (χ1) is 13.5. The van der Waals surface area contributed by atoms with Crippen molar-refractivity contribution in [2.24, 2.45) is 0 Å². The molecule has 0 aliphatic heterocycles. The summed E-state index contributed by atoms with van der Waals surface area (Å²) in [6, 6.07) is 9.16. The molecule has 0 saturated heterocycles. The number of carbonyl (C=O) groups excluding carboxylic acids is 2. The van der Waals surface area contributed by atoms with E-state index in [1.165, 1.54) is 42.7 Å². The molecule has 0 spiro atoms. The molecule has 146 valence electrons. The Hall–Kier alpha value is -3.68. The lowest BCUT2D eigenvalue weighted by molar-refractivity contribution is -0.384. The second-order valence-corrected chi connectivity index (χ2v) is 5.86. The van der Waals surface area contributed by atoms with Gasteiger partial charge in [0, 0.05) is 24.8 Å². The lowest BCUT2D eigenvalue weighted by Gasteiger charge is -2.09. The van der Waals surface area contributed by atoms with Gasteiger partial charge in [-0.3, -0.25) is 19.7 Å². The maximum absolute atomic E-state index is 12.4. The van der Waals surface area contributed by atoms with Gasteiger partial charge in [-0.1, -0.05) is 25.5 Å². The molecule has 8 nitrogen and oxygen atoms in total. The van der Waals surface area contributed by atoms with Crippen LogP contribution in [0.3, 0.4) is 0 Å². The molecule has 0 aliphatic rings. The summed E-state index contributed by atoms with van der Waals surface area (Å²) in [7, 11) is 0. The molecule has 2 rings (SSSR count). The van der Waals surface area contributed by atoms with Crippen LogP contribution < -0.4 is 10.6 Å². The molecular weight excluding hydrogens is 362 g/mol. The average molecular weight is 383 g/mol. The highest BCUT2D eigenvalue weighted by Gasteiger charge is 2.13. The van der Waals surface area contributed by atoms with E-state index in [1.54, 1.807) is 18.2 Å². The number of hydrogen-bond donors (Lipinski definition) is 2. The van der Waals surface area contributed by atoms with Crippen LogP contribution in [0.25, 0.3) is 12.2 Å². The number of nitro benzene ring substituents is 1. The highest BCUT2D eigenvalue weighted by Crippen LogP contribution is 2.15. The van der Waals surface area contributed by atoms with Gasteiger partial charge in [-0.25, -0.2) is 0 Å². The molecule has 0 aliphatic carbocycles. The molecule has 0 radical (unpaired) electrons. The summed E-state index contributed by atoms with van der Waals surface area (Å²) in [5.41, 5.74) is 0.305. The number of furan rings is 1. The van der Waals surface area contributed by atoms with Gasteiger partial charge < -0.3 is 15.1 Å². The minimum absolute atomic E-state index is 0.00861. The molecule has 2 N–H and O–H groups in total. The van der Waals surface area contributed by atoms with Crippen LogP contribution in [0.15, 0.2) is 58.9 Å². The summed E-state index contributed by atoms with van der Waals surface area (Å²) in [6.45, 7) is 2.45. The third-order valence-electron chi connectivity index (χ3n) is 3.65. The standard InChI is InChI=1S/C20H21N3O5/c1-2-3-11-21-20(25)18(14-15-6-4-7-16(13-15)23(26)27)22-19(24)10-9-17-8-5-12-28-17/h4-10,12-14H,2-3,11H2,1H3,(H,21,25)(H,22,24). The number of nitrogens with one attached hydrogen (secondary N) is 2. The number of hydrogen-bond acceptors (Lipinski definition) is 5. The van der Waals surface area contributed by atoms with Crippen molar-refractivity contribution in [3.63, 3.8) is 0 Å². The highest BCUT2D eigenvalue weighted by atomic mass is 16.6. The molecule has 0 bridgehead atoms. The van der Waals surface area contributed by atoms with Crippen molar-refractivity contribution in [3.8, 4) is 0 Å². The first-order valence-corrected chi connectivity index (χ1v) is 8.76. The second-order valence-electron chi connectivity index (χ2n) is 5.86. The van der Waals surface area contributed by atoms with E-state index in [-0.39, 0.29) is 11.4 Å². The zero-order valence-electron chi connectivity index (χ0n) is 15.4. The number of carbonyl (C=O) groups is 2. The van der Waals surface area contributed by atoms with Gasteiger partial charge in [0.2, 0.25) is 5.91 Å². The Morgan fingerprint density at radius 3 is 2.75 bits per heavy atom. The summed E-state index contributed by atoms with van der Waals surface area (Å²) >= 11 is 0. The molecule has 0 saturated carbocycles. The van der Waals surface area contributed by atoms with E-state index in [4.69, 9.17) is 4.42 Å². The van der Waals surface area contributed by atoms with Crippen LogP contribution in [-0.2, 0) is 9.59 Å². The van der Waals surface area contributed by atoms with Crippen LogP contribution >= 0.6 is 0 Å². The van der Waals surface area contributed by atoms with Crippen molar-refractivity contribution in [3.05, 3.63) is 75.9 Å². The number of unbranched alkanes of at least 4 members (excludes halogenated alkanes) is 1. The van der Waals surface area contributed by atoms with E-state index in [2.05, 4.69) is 10.6 Å². The molecule has 0 atom stereocenters.